The molecule has 0 saturated carbocycles. The van der Waals surface area contributed by atoms with Gasteiger partial charge in [-0.05, 0) is 0 Å². The van der Waals surface area contributed by atoms with E-state index in [1.54, 1.807) is 58.6 Å². The number of hydrogen-bond acceptors (Lipinski definition) is 4. The van der Waals surface area contributed by atoms with Gasteiger partial charge >= 0.3 is 223 Å². The second-order valence-electron chi connectivity index (χ2n) is 11.0. The van der Waals surface area contributed by atoms with Crippen LogP contribution in [0.5, 0.6) is 0 Å². The van der Waals surface area contributed by atoms with Gasteiger partial charge in [0.1, 0.15) is 0 Å². The Kier molecular flexibility index (Phi) is 4.06. The van der Waals surface area contributed by atoms with E-state index in [0.29, 0.717) is 0 Å². The first-order chi connectivity index (χ1) is 16.2. The molecule has 0 fully saturated rings. The van der Waals surface area contributed by atoms with Crippen LogP contribution in [-0.4, -0.2) is 26.5 Å². The van der Waals surface area contributed by atoms with Gasteiger partial charge in [-0.1, -0.05) is 0 Å². The van der Waals surface area contributed by atoms with Gasteiger partial charge in [0, 0.05) is 0 Å². The van der Waals surface area contributed by atoms with Crippen LogP contribution in [0.1, 0.15) is 9.75 Å². The van der Waals surface area contributed by atoms with Gasteiger partial charge in [0.2, 0.25) is 0 Å². The fourth-order valence-electron chi connectivity index (χ4n) is 6.91. The third-order valence-electron chi connectivity index (χ3n) is 8.16. The second-order valence-corrected chi connectivity index (χ2v) is 33.5. The number of hydrogen-bond donors (Lipinski definition) is 0. The Hall–Kier alpha value is -0.894. The molecule has 0 aliphatic carbocycles. The Bertz CT molecular complexity index is 1750. The van der Waals surface area contributed by atoms with Gasteiger partial charge in [0.25, 0.3) is 0 Å². The van der Waals surface area contributed by atoms with Crippen LogP contribution in [0.25, 0.3) is 50.5 Å². The van der Waals surface area contributed by atoms with Crippen LogP contribution in [-0.2, 0) is 0 Å². The first kappa shape index (κ1) is 21.2. The van der Waals surface area contributed by atoms with Crippen LogP contribution in [0.3, 0.4) is 0 Å². The molecule has 0 nitrogen and oxygen atoms in total. The molecule has 0 unspecified atom stereocenters. The molecule has 0 spiro atoms. The van der Waals surface area contributed by atoms with Gasteiger partial charge in [0.05, 0.1) is 0 Å². The van der Waals surface area contributed by atoms with E-state index in [2.05, 4.69) is 95.9 Å². The Balaban J connectivity index is 1.45. The maximum atomic E-state index is 2.65. The van der Waals surface area contributed by atoms with Gasteiger partial charge < -0.3 is 0 Å². The number of fused-ring (bicyclic) bond motifs is 13. The Morgan fingerprint density at radius 3 is 1.35 bits per heavy atom. The third kappa shape index (κ3) is 2.37. The molecule has 0 bridgehead atoms. The molecule has 6 aromatic rings. The van der Waals surface area contributed by atoms with Crippen LogP contribution in [0.2, 0.25) is 23.0 Å². The van der Waals surface area contributed by atoms with E-state index in [0.717, 1.165) is 0 Å². The van der Waals surface area contributed by atoms with Gasteiger partial charge in [-0.25, -0.2) is 0 Å². The summed E-state index contributed by atoms with van der Waals surface area (Å²) in [7, 11) is 0. The van der Waals surface area contributed by atoms with Crippen molar-refractivity contribution in [2.24, 2.45) is 0 Å². The van der Waals surface area contributed by atoms with Crippen molar-refractivity contribution in [2.75, 3.05) is 0 Å². The number of rotatable bonds is 0. The Labute approximate surface area is 221 Å². The van der Waals surface area contributed by atoms with Gasteiger partial charge in [-0.15, -0.1) is 0 Å². The molecule has 2 aliphatic heterocycles. The fourth-order valence-corrected chi connectivity index (χ4v) is 33.4. The van der Waals surface area contributed by atoms with Crippen molar-refractivity contribution in [1.29, 1.82) is 0 Å². The van der Waals surface area contributed by atoms with Gasteiger partial charge in [-0.2, -0.15) is 0 Å². The van der Waals surface area contributed by atoms with Crippen LogP contribution >= 0.6 is 45.3 Å². The predicted molar refractivity (Wildman–Crippen MR) is 164 cm³/mol. The molecule has 0 amide bonds. The molecule has 6 heteroatoms. The minimum absolute atomic E-state index is 1.46. The van der Waals surface area contributed by atoms with Crippen molar-refractivity contribution >= 4 is 119 Å². The molecule has 0 N–H and O–H groups in total. The Morgan fingerprint density at radius 1 is 0.529 bits per heavy atom. The van der Waals surface area contributed by atoms with E-state index in [1.165, 1.54) is 19.2 Å². The third-order valence-corrected chi connectivity index (χ3v) is 29.3. The number of aryl methyl sites for hydroxylation is 2. The topological polar surface area (TPSA) is 0 Å². The summed E-state index contributed by atoms with van der Waals surface area (Å²) in [5.74, 6) is 10.6. The normalized spacial score (nSPS) is 17.0. The molecule has 6 heterocycles. The van der Waals surface area contributed by atoms with Crippen molar-refractivity contribution in [3.05, 3.63) is 46.2 Å². The molecular formula is C28H24Ge2S4. The standard InChI is InChI=1S/C28H24Ge2S4/c1-13-11-19-27(31-13)23-25(33-19)17-9-7-16-15(21(17)29(23,3)4)8-10-18-22(16)30(5,6)24-26(18)34-20-12-14(2)32-28(20)24/h7-12H,1-6H3. The van der Waals surface area contributed by atoms with Crippen molar-refractivity contribution < 1.29 is 0 Å². The molecule has 4 aromatic heterocycles. The monoisotopic (exact) mass is 636 g/mol. The van der Waals surface area contributed by atoms with Crippen molar-refractivity contribution in [2.45, 2.75) is 36.9 Å². The van der Waals surface area contributed by atoms with E-state index >= 15 is 0 Å². The zero-order chi connectivity index (χ0) is 23.3. The van der Waals surface area contributed by atoms with Crippen LogP contribution in [0.15, 0.2) is 36.4 Å². The van der Waals surface area contributed by atoms with Gasteiger partial charge in [-0.3, -0.25) is 0 Å². The first-order valence-corrected chi connectivity index (χ1v) is 27.7. The summed E-state index contributed by atoms with van der Waals surface area (Å²) in [5, 5.41) is 3.16. The molecule has 168 valence electrons. The molecule has 34 heavy (non-hydrogen) atoms. The van der Waals surface area contributed by atoms with Crippen molar-refractivity contribution in [3.8, 4) is 20.9 Å². The van der Waals surface area contributed by atoms with Crippen LogP contribution in [0, 0.1) is 13.8 Å². The summed E-state index contributed by atoms with van der Waals surface area (Å²) in [6.45, 7) is 4.53. The predicted octanol–water partition coefficient (Wildman–Crippen LogP) is 7.62. The maximum absolute atomic E-state index is 2.65. The van der Waals surface area contributed by atoms with Crippen LogP contribution in [0.4, 0.5) is 0 Å². The van der Waals surface area contributed by atoms with E-state index in [1.807, 2.05) is 22.7 Å². The second kappa shape index (κ2) is 6.50. The molecular weight excluding hydrogens is 610 g/mol. The van der Waals surface area contributed by atoms with E-state index in [4.69, 9.17) is 0 Å². The number of benzene rings is 2. The van der Waals surface area contributed by atoms with Gasteiger partial charge in [0.15, 0.2) is 0 Å². The SMILES string of the molecule is Cc1cc2sc3[c](c2s1)[Ge]([CH3])([CH3])[c]1c-3ccc2[c]3c(ccc12)-c1sc2cc(C)sc2[c]1[Ge]3([CH3])[CH3]. The van der Waals surface area contributed by atoms with E-state index in [9.17, 15) is 0 Å². The minimum atomic E-state index is -2.42. The summed E-state index contributed by atoms with van der Waals surface area (Å²) in [6.07, 6.45) is 0. The summed E-state index contributed by atoms with van der Waals surface area (Å²) < 4.78 is 13.3. The quantitative estimate of drug-likeness (QED) is 0.151. The number of thiophene rings is 4. The van der Waals surface area contributed by atoms with Crippen LogP contribution < -0.4 is 17.6 Å². The zero-order valence-electron chi connectivity index (χ0n) is 20.1. The average Bonchev–Trinajstić information content (AvgIpc) is 3.53. The van der Waals surface area contributed by atoms with E-state index in [-0.39, 0.29) is 0 Å². The average molecular weight is 634 g/mol. The zero-order valence-corrected chi connectivity index (χ0v) is 27.6. The van der Waals surface area contributed by atoms with Crippen molar-refractivity contribution in [3.63, 3.8) is 0 Å². The summed E-state index contributed by atoms with van der Waals surface area (Å²) in [6, 6.07) is 14.9. The van der Waals surface area contributed by atoms with E-state index < -0.39 is 26.5 Å². The molecule has 0 radical (unpaired) electrons. The molecule has 0 atom stereocenters. The summed E-state index contributed by atoms with van der Waals surface area (Å²) >= 11 is 3.33. The molecule has 0 saturated heterocycles. The molecule has 2 aliphatic rings. The first-order valence-electron chi connectivity index (χ1n) is 11.9. The Morgan fingerprint density at radius 2 is 0.941 bits per heavy atom. The molecule has 8 rings (SSSR count). The fraction of sp³-hybridized carbons (Fsp3) is 0.214. The summed E-state index contributed by atoms with van der Waals surface area (Å²) in [4.78, 5) is 6.10. The van der Waals surface area contributed by atoms with Crippen molar-refractivity contribution in [1.82, 2.24) is 0 Å². The summed E-state index contributed by atoms with van der Waals surface area (Å²) in [5.41, 5.74) is 3.13. The molecule has 2 aromatic carbocycles.